The van der Waals surface area contributed by atoms with Crippen molar-refractivity contribution in [3.63, 3.8) is 0 Å². The molecule has 20 heavy (non-hydrogen) atoms. The Morgan fingerprint density at radius 3 is 2.50 bits per heavy atom. The van der Waals surface area contributed by atoms with E-state index in [9.17, 15) is 4.39 Å². The molecular weight excluding hydrogens is 251 g/mol. The molecule has 1 aromatic rings. The van der Waals surface area contributed by atoms with Crippen LogP contribution >= 0.6 is 0 Å². The quantitative estimate of drug-likeness (QED) is 0.849. The molecule has 0 saturated heterocycles. The zero-order valence-electron chi connectivity index (χ0n) is 12.7. The van der Waals surface area contributed by atoms with Gasteiger partial charge in [0.15, 0.2) is 0 Å². The minimum Gasteiger partial charge on any atom is -0.329 e. The lowest BCUT2D eigenvalue weighted by Crippen LogP contribution is -2.38. The van der Waals surface area contributed by atoms with Crippen molar-refractivity contribution < 1.29 is 4.39 Å². The molecule has 0 amide bonds. The Kier molecular flexibility index (Phi) is 5.55. The molecule has 2 rings (SSSR count). The van der Waals surface area contributed by atoms with Crippen LogP contribution in [0.15, 0.2) is 18.2 Å². The molecule has 1 atom stereocenters. The number of aryl methyl sites for hydroxylation is 1. The van der Waals surface area contributed by atoms with E-state index in [1.165, 1.54) is 38.5 Å². The van der Waals surface area contributed by atoms with Crippen molar-refractivity contribution in [3.8, 4) is 0 Å². The smallest absolute Gasteiger partial charge is 0.128 e. The Balaban J connectivity index is 2.19. The van der Waals surface area contributed by atoms with Gasteiger partial charge in [0.25, 0.3) is 0 Å². The maximum Gasteiger partial charge on any atom is 0.128 e. The Hall–Kier alpha value is -0.930. The molecule has 0 spiro atoms. The van der Waals surface area contributed by atoms with E-state index in [-0.39, 0.29) is 11.9 Å². The summed E-state index contributed by atoms with van der Waals surface area (Å²) in [6.45, 7) is 2.47. The summed E-state index contributed by atoms with van der Waals surface area (Å²) in [5.74, 6) is -0.133. The third-order valence-electron chi connectivity index (χ3n) is 4.63. The van der Waals surface area contributed by atoms with Gasteiger partial charge in [-0.05, 0) is 32.9 Å². The third kappa shape index (κ3) is 3.58. The van der Waals surface area contributed by atoms with Crippen molar-refractivity contribution in [2.24, 2.45) is 5.73 Å². The molecule has 0 aliphatic heterocycles. The largest absolute Gasteiger partial charge is 0.329 e. The van der Waals surface area contributed by atoms with Crippen LogP contribution in [0, 0.1) is 12.7 Å². The number of hydrogen-bond acceptors (Lipinski definition) is 2. The number of nitrogens with two attached hydrogens (primary N) is 1. The minimum atomic E-state index is -0.133. The fourth-order valence-corrected chi connectivity index (χ4v) is 3.35. The van der Waals surface area contributed by atoms with Gasteiger partial charge in [-0.1, -0.05) is 43.4 Å². The maximum absolute atomic E-state index is 14.1. The maximum atomic E-state index is 14.1. The number of halogens is 1. The zero-order valence-corrected chi connectivity index (χ0v) is 12.7. The van der Waals surface area contributed by atoms with Crippen LogP contribution in [0.2, 0.25) is 0 Å². The third-order valence-corrected chi connectivity index (χ3v) is 4.63. The molecular formula is C17H27FN2. The molecule has 1 aliphatic carbocycles. The van der Waals surface area contributed by atoms with Crippen molar-refractivity contribution in [2.45, 2.75) is 57.5 Å². The Morgan fingerprint density at radius 2 is 1.90 bits per heavy atom. The summed E-state index contributed by atoms with van der Waals surface area (Å²) in [7, 11) is 2.11. The Morgan fingerprint density at radius 1 is 1.25 bits per heavy atom. The van der Waals surface area contributed by atoms with Crippen LogP contribution < -0.4 is 5.73 Å². The number of rotatable bonds is 4. The van der Waals surface area contributed by atoms with Crippen molar-refractivity contribution in [1.82, 2.24) is 4.90 Å². The van der Waals surface area contributed by atoms with Gasteiger partial charge in [-0.15, -0.1) is 0 Å². The molecule has 2 N–H and O–H groups in total. The molecule has 112 valence electrons. The highest BCUT2D eigenvalue weighted by Gasteiger charge is 2.25. The summed E-state index contributed by atoms with van der Waals surface area (Å²) < 4.78 is 14.1. The van der Waals surface area contributed by atoms with Crippen molar-refractivity contribution in [1.29, 1.82) is 0 Å². The van der Waals surface area contributed by atoms with Crippen LogP contribution in [0.5, 0.6) is 0 Å². The summed E-state index contributed by atoms with van der Waals surface area (Å²) in [4.78, 5) is 2.31. The second kappa shape index (κ2) is 7.19. The van der Waals surface area contributed by atoms with Crippen LogP contribution in [0.1, 0.15) is 55.7 Å². The second-order valence-electron chi connectivity index (χ2n) is 6.09. The zero-order chi connectivity index (χ0) is 14.5. The van der Waals surface area contributed by atoms with Crippen molar-refractivity contribution >= 4 is 0 Å². The molecule has 2 nitrogen and oxygen atoms in total. The Labute approximate surface area is 122 Å². The molecule has 0 heterocycles. The van der Waals surface area contributed by atoms with E-state index in [1.807, 2.05) is 19.1 Å². The molecule has 1 saturated carbocycles. The van der Waals surface area contributed by atoms with E-state index in [2.05, 4.69) is 11.9 Å². The monoisotopic (exact) mass is 278 g/mol. The second-order valence-corrected chi connectivity index (χ2v) is 6.09. The standard InChI is InChI=1S/C17H27FN2/c1-13-9-10-16(18)15(11-13)17(12-19)20(2)14-7-5-3-4-6-8-14/h9-11,14,17H,3-8,12,19H2,1-2H3. The molecule has 1 aromatic carbocycles. The highest BCUT2D eigenvalue weighted by molar-refractivity contribution is 5.27. The average molecular weight is 278 g/mol. The van der Waals surface area contributed by atoms with Gasteiger partial charge in [0.05, 0.1) is 0 Å². The molecule has 3 heteroatoms. The molecule has 1 fully saturated rings. The first kappa shape index (κ1) is 15.5. The molecule has 1 unspecified atom stereocenters. The van der Waals surface area contributed by atoms with Crippen LogP contribution in [0.3, 0.4) is 0 Å². The number of hydrogen-bond donors (Lipinski definition) is 1. The van der Waals surface area contributed by atoms with Gasteiger partial charge < -0.3 is 5.73 Å². The van der Waals surface area contributed by atoms with Crippen molar-refractivity contribution in [2.75, 3.05) is 13.6 Å². The summed E-state index contributed by atoms with van der Waals surface area (Å²) in [6.07, 6.45) is 7.64. The predicted octanol–water partition coefficient (Wildman–Crippen LogP) is 3.79. The van der Waals surface area contributed by atoms with Gasteiger partial charge in [-0.2, -0.15) is 0 Å². The number of nitrogens with zero attached hydrogens (tertiary/aromatic N) is 1. The van der Waals surface area contributed by atoms with Crippen LogP contribution in [0.25, 0.3) is 0 Å². The van der Waals surface area contributed by atoms with Crippen molar-refractivity contribution in [3.05, 3.63) is 35.1 Å². The SMILES string of the molecule is Cc1ccc(F)c(C(CN)N(C)C2CCCCCC2)c1. The van der Waals surface area contributed by atoms with E-state index in [0.29, 0.717) is 12.6 Å². The Bertz CT molecular complexity index is 425. The topological polar surface area (TPSA) is 29.3 Å². The highest BCUT2D eigenvalue weighted by Crippen LogP contribution is 2.29. The van der Waals surface area contributed by atoms with Crippen LogP contribution in [0.4, 0.5) is 4.39 Å². The molecule has 0 aromatic heterocycles. The molecule has 1 aliphatic rings. The lowest BCUT2D eigenvalue weighted by Gasteiger charge is -2.34. The fraction of sp³-hybridized carbons (Fsp3) is 0.647. The van der Waals surface area contributed by atoms with Gasteiger partial charge >= 0.3 is 0 Å². The van der Waals surface area contributed by atoms with Gasteiger partial charge in [-0.3, -0.25) is 4.90 Å². The van der Waals surface area contributed by atoms with E-state index < -0.39 is 0 Å². The minimum absolute atomic E-state index is 0.0157. The first-order valence-corrected chi connectivity index (χ1v) is 7.81. The number of likely N-dealkylation sites (N-methyl/N-ethyl adjacent to an activating group) is 1. The van der Waals surface area contributed by atoms with Gasteiger partial charge in [0.2, 0.25) is 0 Å². The predicted molar refractivity (Wildman–Crippen MR) is 82.2 cm³/mol. The average Bonchev–Trinajstić information content (AvgIpc) is 2.72. The van der Waals surface area contributed by atoms with Gasteiger partial charge in [-0.25, -0.2) is 4.39 Å². The first-order valence-electron chi connectivity index (χ1n) is 7.81. The molecule has 0 radical (unpaired) electrons. The normalized spacial score (nSPS) is 19.1. The summed E-state index contributed by atoms with van der Waals surface area (Å²) in [6, 6.07) is 5.84. The fourth-order valence-electron chi connectivity index (χ4n) is 3.35. The van der Waals surface area contributed by atoms with Gasteiger partial charge in [0, 0.05) is 24.2 Å². The first-order chi connectivity index (χ1) is 9.63. The van der Waals surface area contributed by atoms with Crippen LogP contribution in [-0.2, 0) is 0 Å². The number of benzene rings is 1. The lowest BCUT2D eigenvalue weighted by atomic mass is 9.98. The van der Waals surface area contributed by atoms with E-state index in [1.54, 1.807) is 6.07 Å². The van der Waals surface area contributed by atoms with E-state index in [0.717, 1.165) is 11.1 Å². The van der Waals surface area contributed by atoms with Crippen LogP contribution in [-0.4, -0.2) is 24.5 Å². The highest BCUT2D eigenvalue weighted by atomic mass is 19.1. The van der Waals surface area contributed by atoms with Gasteiger partial charge in [0.1, 0.15) is 5.82 Å². The van der Waals surface area contributed by atoms with E-state index >= 15 is 0 Å². The molecule has 0 bridgehead atoms. The lowest BCUT2D eigenvalue weighted by molar-refractivity contribution is 0.158. The summed E-state index contributed by atoms with van der Waals surface area (Å²) in [5, 5.41) is 0. The van der Waals surface area contributed by atoms with E-state index in [4.69, 9.17) is 5.73 Å². The summed E-state index contributed by atoms with van der Waals surface area (Å²) in [5.41, 5.74) is 7.80. The summed E-state index contributed by atoms with van der Waals surface area (Å²) >= 11 is 0.